The summed E-state index contributed by atoms with van der Waals surface area (Å²) in [5, 5.41) is 0. The minimum absolute atomic E-state index is 0.263. The summed E-state index contributed by atoms with van der Waals surface area (Å²) in [5.41, 5.74) is 2.21. The van der Waals surface area contributed by atoms with Gasteiger partial charge in [0.25, 0.3) is 0 Å². The molecule has 2 aromatic carbocycles. The molecular formula is C17H18O3. The van der Waals surface area contributed by atoms with Gasteiger partial charge in [0, 0.05) is 7.11 Å². The topological polar surface area (TPSA) is 27.7 Å². The zero-order valence-corrected chi connectivity index (χ0v) is 11.7. The molecule has 0 aliphatic rings. The van der Waals surface area contributed by atoms with Crippen molar-refractivity contribution in [2.24, 2.45) is 0 Å². The maximum absolute atomic E-state index is 5.34. The van der Waals surface area contributed by atoms with Crippen molar-refractivity contribution in [2.45, 2.75) is 0 Å². The van der Waals surface area contributed by atoms with Crippen LogP contribution in [0.4, 0.5) is 0 Å². The van der Waals surface area contributed by atoms with Crippen LogP contribution in [-0.2, 0) is 4.74 Å². The van der Waals surface area contributed by atoms with Crippen LogP contribution < -0.4 is 9.47 Å². The first kappa shape index (κ1) is 14.2. The lowest BCUT2D eigenvalue weighted by molar-refractivity contribution is 0.0511. The largest absolute Gasteiger partial charge is 0.497 e. The summed E-state index contributed by atoms with van der Waals surface area (Å²) in [5.74, 6) is 1.65. The molecule has 0 heterocycles. The fraction of sp³-hybridized carbons (Fsp3) is 0.176. The summed E-state index contributed by atoms with van der Waals surface area (Å²) in [6, 6.07) is 15.8. The molecule has 3 nitrogen and oxygen atoms in total. The summed E-state index contributed by atoms with van der Waals surface area (Å²) in [7, 11) is 3.27. The van der Waals surface area contributed by atoms with E-state index < -0.39 is 0 Å². The van der Waals surface area contributed by atoms with Crippen molar-refractivity contribution in [1.29, 1.82) is 0 Å². The first-order valence-electron chi connectivity index (χ1n) is 6.36. The highest BCUT2D eigenvalue weighted by molar-refractivity contribution is 5.70. The molecule has 0 unspecified atom stereocenters. The highest BCUT2D eigenvalue weighted by Gasteiger charge is 1.94. The van der Waals surface area contributed by atoms with E-state index in [0.717, 1.165) is 22.6 Å². The van der Waals surface area contributed by atoms with E-state index in [9.17, 15) is 0 Å². The van der Waals surface area contributed by atoms with E-state index in [0.29, 0.717) is 0 Å². The number of methoxy groups -OCH3 is 2. The molecule has 2 aromatic rings. The minimum atomic E-state index is 0.263. The normalized spacial score (nSPS) is 10.7. The van der Waals surface area contributed by atoms with Crippen molar-refractivity contribution in [3.63, 3.8) is 0 Å². The van der Waals surface area contributed by atoms with Crippen LogP contribution in [0.25, 0.3) is 12.2 Å². The molecule has 0 atom stereocenters. The molecule has 3 heteroatoms. The Bertz CT molecular complexity index is 559. The summed E-state index contributed by atoms with van der Waals surface area (Å²) in [4.78, 5) is 0. The van der Waals surface area contributed by atoms with Crippen LogP contribution in [-0.4, -0.2) is 21.0 Å². The van der Waals surface area contributed by atoms with Gasteiger partial charge in [-0.25, -0.2) is 0 Å². The van der Waals surface area contributed by atoms with Gasteiger partial charge in [-0.05, 0) is 35.4 Å². The summed E-state index contributed by atoms with van der Waals surface area (Å²) >= 11 is 0. The average Bonchev–Trinajstić information content (AvgIpc) is 2.52. The third-order valence-electron chi connectivity index (χ3n) is 2.79. The Morgan fingerprint density at radius 1 is 0.850 bits per heavy atom. The lowest BCUT2D eigenvalue weighted by atomic mass is 10.1. The van der Waals surface area contributed by atoms with Gasteiger partial charge in [-0.3, -0.25) is 0 Å². The molecule has 0 aliphatic carbocycles. The van der Waals surface area contributed by atoms with Crippen molar-refractivity contribution in [3.05, 3.63) is 59.7 Å². The van der Waals surface area contributed by atoms with Crippen molar-refractivity contribution >= 4 is 12.2 Å². The Kier molecular flexibility index (Phi) is 5.21. The van der Waals surface area contributed by atoms with E-state index in [4.69, 9.17) is 14.2 Å². The molecule has 0 radical (unpaired) electrons. The fourth-order valence-electron chi connectivity index (χ4n) is 1.74. The lowest BCUT2D eigenvalue weighted by Gasteiger charge is -2.04. The van der Waals surface area contributed by atoms with E-state index in [-0.39, 0.29) is 6.79 Å². The standard InChI is InChI=1S/C17H18O3/c1-18-13-20-16-10-8-14(9-11-16)6-7-15-4-3-5-17(12-15)19-2/h3-12H,13H2,1-2H3/b7-6+. The molecule has 0 saturated carbocycles. The highest BCUT2D eigenvalue weighted by atomic mass is 16.7. The molecule has 0 N–H and O–H groups in total. The summed E-state index contributed by atoms with van der Waals surface area (Å²) in [6.45, 7) is 0.263. The Morgan fingerprint density at radius 3 is 2.30 bits per heavy atom. The van der Waals surface area contributed by atoms with E-state index in [2.05, 4.69) is 6.08 Å². The molecule has 0 fully saturated rings. The Morgan fingerprint density at radius 2 is 1.60 bits per heavy atom. The maximum Gasteiger partial charge on any atom is 0.188 e. The molecule has 0 amide bonds. The van der Waals surface area contributed by atoms with Crippen molar-refractivity contribution < 1.29 is 14.2 Å². The van der Waals surface area contributed by atoms with Crippen LogP contribution in [0.3, 0.4) is 0 Å². The first-order chi connectivity index (χ1) is 9.81. The smallest absolute Gasteiger partial charge is 0.188 e. The molecular weight excluding hydrogens is 252 g/mol. The van der Waals surface area contributed by atoms with Gasteiger partial charge in [-0.1, -0.05) is 36.4 Å². The lowest BCUT2D eigenvalue weighted by Crippen LogP contribution is -1.98. The van der Waals surface area contributed by atoms with Crippen molar-refractivity contribution in [1.82, 2.24) is 0 Å². The number of hydrogen-bond acceptors (Lipinski definition) is 3. The second kappa shape index (κ2) is 7.36. The third kappa shape index (κ3) is 4.14. The van der Waals surface area contributed by atoms with E-state index in [1.165, 1.54) is 0 Å². The van der Waals surface area contributed by atoms with Gasteiger partial charge in [-0.15, -0.1) is 0 Å². The molecule has 0 aromatic heterocycles. The van der Waals surface area contributed by atoms with Crippen molar-refractivity contribution in [2.75, 3.05) is 21.0 Å². The summed E-state index contributed by atoms with van der Waals surface area (Å²) < 4.78 is 15.4. The molecule has 0 saturated heterocycles. The number of ether oxygens (including phenoxy) is 3. The second-order valence-electron chi connectivity index (χ2n) is 4.23. The fourth-order valence-corrected chi connectivity index (χ4v) is 1.74. The zero-order valence-electron chi connectivity index (χ0n) is 11.7. The van der Waals surface area contributed by atoms with Gasteiger partial charge in [0.2, 0.25) is 0 Å². The number of rotatable bonds is 6. The molecule has 2 rings (SSSR count). The van der Waals surface area contributed by atoms with Gasteiger partial charge >= 0.3 is 0 Å². The maximum atomic E-state index is 5.34. The SMILES string of the molecule is COCOc1ccc(/C=C/c2cccc(OC)c2)cc1. The molecule has 0 bridgehead atoms. The molecule has 20 heavy (non-hydrogen) atoms. The number of benzene rings is 2. The average molecular weight is 270 g/mol. The van der Waals surface area contributed by atoms with Crippen LogP contribution in [0.1, 0.15) is 11.1 Å². The van der Waals surface area contributed by atoms with Gasteiger partial charge in [0.05, 0.1) is 7.11 Å². The van der Waals surface area contributed by atoms with Gasteiger partial charge < -0.3 is 14.2 Å². The van der Waals surface area contributed by atoms with Crippen LogP contribution in [0.15, 0.2) is 48.5 Å². The minimum Gasteiger partial charge on any atom is -0.497 e. The third-order valence-corrected chi connectivity index (χ3v) is 2.79. The predicted octanol–water partition coefficient (Wildman–Crippen LogP) is 3.85. The second-order valence-corrected chi connectivity index (χ2v) is 4.23. The zero-order chi connectivity index (χ0) is 14.2. The monoisotopic (exact) mass is 270 g/mol. The Hall–Kier alpha value is -2.26. The van der Waals surface area contributed by atoms with Crippen LogP contribution in [0.2, 0.25) is 0 Å². The molecule has 104 valence electrons. The molecule has 0 spiro atoms. The highest BCUT2D eigenvalue weighted by Crippen LogP contribution is 2.17. The van der Waals surface area contributed by atoms with Crippen LogP contribution in [0.5, 0.6) is 11.5 Å². The Labute approximate surface area is 119 Å². The predicted molar refractivity (Wildman–Crippen MR) is 80.9 cm³/mol. The van der Waals surface area contributed by atoms with Gasteiger partial charge in [0.1, 0.15) is 11.5 Å². The van der Waals surface area contributed by atoms with Gasteiger partial charge in [-0.2, -0.15) is 0 Å². The Balaban J connectivity index is 2.03. The van der Waals surface area contributed by atoms with Gasteiger partial charge in [0.15, 0.2) is 6.79 Å². The summed E-state index contributed by atoms with van der Waals surface area (Å²) in [6.07, 6.45) is 4.10. The van der Waals surface area contributed by atoms with Crippen LogP contribution >= 0.6 is 0 Å². The molecule has 0 aliphatic heterocycles. The number of hydrogen-bond donors (Lipinski definition) is 0. The van der Waals surface area contributed by atoms with E-state index in [1.54, 1.807) is 14.2 Å². The quantitative estimate of drug-likeness (QED) is 0.589. The van der Waals surface area contributed by atoms with E-state index >= 15 is 0 Å². The van der Waals surface area contributed by atoms with E-state index in [1.807, 2.05) is 54.6 Å². The van der Waals surface area contributed by atoms with Crippen LogP contribution in [0, 0.1) is 0 Å². The first-order valence-corrected chi connectivity index (χ1v) is 6.36. The van der Waals surface area contributed by atoms with Crippen molar-refractivity contribution in [3.8, 4) is 11.5 Å².